The molecule has 1 aromatic carbocycles. The number of halogens is 3. The van der Waals surface area contributed by atoms with Crippen molar-refractivity contribution in [1.29, 1.82) is 0 Å². The van der Waals surface area contributed by atoms with E-state index in [1.807, 2.05) is 0 Å². The molecule has 0 radical (unpaired) electrons. The summed E-state index contributed by atoms with van der Waals surface area (Å²) in [7, 11) is 1.37. The maximum absolute atomic E-state index is 15.0. The number of urea groups is 1. The van der Waals surface area contributed by atoms with Gasteiger partial charge >= 0.3 is 6.03 Å². The number of carbonyl (C=O) groups excluding carboxylic acids is 1. The number of rotatable bonds is 4. The number of nitrogens with one attached hydrogen (secondary N) is 2. The standard InChI is InChI=1S/C21H19F3N4O3/c1-20(23,24)21(8-7-12-3-4-12)14-10-15(22)13(9-16(14)25-19(30)26-21)11-28-18(29)6-5-17(27-28)31-2/h5-6,9-10,12H,3-4,11H2,1-2H3,(H2,25,26,30). The number of methoxy groups -OCH3 is 1. The van der Waals surface area contributed by atoms with Crippen LogP contribution in [0, 0.1) is 23.6 Å². The lowest BCUT2D eigenvalue weighted by Crippen LogP contribution is -2.59. The van der Waals surface area contributed by atoms with Crippen molar-refractivity contribution in [3.63, 3.8) is 0 Å². The fourth-order valence-corrected chi connectivity index (χ4v) is 3.35. The van der Waals surface area contributed by atoms with Gasteiger partial charge in [-0.25, -0.2) is 22.6 Å². The Bertz CT molecular complexity index is 1180. The van der Waals surface area contributed by atoms with Crippen LogP contribution in [0.15, 0.2) is 29.1 Å². The molecule has 10 heteroatoms. The maximum Gasteiger partial charge on any atom is 0.320 e. The summed E-state index contributed by atoms with van der Waals surface area (Å²) in [6.45, 7) is 0.344. The second-order valence-electron chi connectivity index (χ2n) is 7.62. The SMILES string of the molecule is COc1ccc(=O)n(Cc2cc3c(cc2F)C(C#CC2CC2)(C(C)(F)F)NC(=O)N3)n1. The van der Waals surface area contributed by atoms with Gasteiger partial charge in [0, 0.05) is 41.8 Å². The number of hydrogen-bond acceptors (Lipinski definition) is 4. The third kappa shape index (κ3) is 3.83. The lowest BCUT2D eigenvalue weighted by molar-refractivity contribution is -0.0465. The molecular weight excluding hydrogens is 413 g/mol. The summed E-state index contributed by atoms with van der Waals surface area (Å²) in [5.74, 6) is 1.09. The minimum Gasteiger partial charge on any atom is -0.480 e. The van der Waals surface area contributed by atoms with Gasteiger partial charge < -0.3 is 15.4 Å². The first-order chi connectivity index (χ1) is 14.6. The Balaban J connectivity index is 1.82. The van der Waals surface area contributed by atoms with E-state index in [2.05, 4.69) is 27.6 Å². The Morgan fingerprint density at radius 1 is 1.32 bits per heavy atom. The minimum absolute atomic E-state index is 0.00964. The van der Waals surface area contributed by atoms with Crippen LogP contribution < -0.4 is 20.9 Å². The molecule has 1 saturated carbocycles. The molecule has 31 heavy (non-hydrogen) atoms. The molecule has 0 bridgehead atoms. The van der Waals surface area contributed by atoms with Gasteiger partial charge in [0.05, 0.1) is 13.7 Å². The molecule has 2 N–H and O–H groups in total. The predicted molar refractivity (Wildman–Crippen MR) is 106 cm³/mol. The van der Waals surface area contributed by atoms with E-state index in [9.17, 15) is 18.4 Å². The van der Waals surface area contributed by atoms with Crippen LogP contribution in [0.5, 0.6) is 5.88 Å². The van der Waals surface area contributed by atoms with Crippen LogP contribution in [0.2, 0.25) is 0 Å². The summed E-state index contributed by atoms with van der Waals surface area (Å²) in [4.78, 5) is 24.3. The van der Waals surface area contributed by atoms with Crippen molar-refractivity contribution in [3.05, 3.63) is 51.6 Å². The zero-order valence-corrected chi connectivity index (χ0v) is 16.8. The normalized spacial score (nSPS) is 20.1. The van der Waals surface area contributed by atoms with Crippen LogP contribution in [0.3, 0.4) is 0 Å². The molecule has 2 amide bonds. The number of nitrogens with zero attached hydrogens (tertiary/aromatic N) is 2. The number of alkyl halides is 2. The average molecular weight is 432 g/mol. The van der Waals surface area contributed by atoms with E-state index in [1.54, 1.807) is 0 Å². The highest BCUT2D eigenvalue weighted by Crippen LogP contribution is 2.44. The first kappa shape index (κ1) is 20.8. The van der Waals surface area contributed by atoms with E-state index in [1.165, 1.54) is 25.3 Å². The number of carbonyl (C=O) groups is 1. The second kappa shape index (κ2) is 7.34. The van der Waals surface area contributed by atoms with Crippen molar-refractivity contribution in [2.24, 2.45) is 5.92 Å². The fraction of sp³-hybridized carbons (Fsp3) is 0.381. The Kier molecular flexibility index (Phi) is 4.92. The van der Waals surface area contributed by atoms with Crippen molar-refractivity contribution in [2.75, 3.05) is 12.4 Å². The highest BCUT2D eigenvalue weighted by atomic mass is 19.3. The summed E-state index contributed by atoms with van der Waals surface area (Å²) in [6.07, 6.45) is 1.60. The van der Waals surface area contributed by atoms with Gasteiger partial charge in [-0.05, 0) is 25.0 Å². The van der Waals surface area contributed by atoms with E-state index in [0.29, 0.717) is 6.92 Å². The Morgan fingerprint density at radius 3 is 2.71 bits per heavy atom. The zero-order valence-electron chi connectivity index (χ0n) is 16.8. The van der Waals surface area contributed by atoms with E-state index in [0.717, 1.165) is 23.6 Å². The first-order valence-electron chi connectivity index (χ1n) is 9.58. The van der Waals surface area contributed by atoms with Crippen LogP contribution in [0.1, 0.15) is 30.9 Å². The molecule has 1 aliphatic heterocycles. The summed E-state index contributed by atoms with van der Waals surface area (Å²) in [5.41, 5.74) is -3.10. The largest absolute Gasteiger partial charge is 0.480 e. The maximum atomic E-state index is 15.0. The number of benzene rings is 1. The first-order valence-corrected chi connectivity index (χ1v) is 9.58. The molecule has 7 nitrogen and oxygen atoms in total. The van der Waals surface area contributed by atoms with Crippen LogP contribution in [0.25, 0.3) is 0 Å². The molecule has 1 aliphatic carbocycles. The van der Waals surface area contributed by atoms with Gasteiger partial charge in [-0.2, -0.15) is 0 Å². The summed E-state index contributed by atoms with van der Waals surface area (Å²) in [5, 5.41) is 8.59. The van der Waals surface area contributed by atoms with Crippen molar-refractivity contribution >= 4 is 11.7 Å². The molecule has 0 spiro atoms. The van der Waals surface area contributed by atoms with Gasteiger partial charge in [-0.15, -0.1) is 5.10 Å². The Labute approximate surface area is 175 Å². The number of amides is 2. The van der Waals surface area contributed by atoms with E-state index in [-0.39, 0.29) is 35.2 Å². The average Bonchev–Trinajstić information content (AvgIpc) is 3.52. The third-order valence-electron chi connectivity index (χ3n) is 5.21. The lowest BCUT2D eigenvalue weighted by atomic mass is 9.81. The van der Waals surface area contributed by atoms with Crippen LogP contribution in [-0.4, -0.2) is 28.8 Å². The quantitative estimate of drug-likeness (QED) is 0.728. The number of hydrogen-bond donors (Lipinski definition) is 2. The van der Waals surface area contributed by atoms with Crippen molar-refractivity contribution < 1.29 is 22.7 Å². The second-order valence-corrected chi connectivity index (χ2v) is 7.62. The van der Waals surface area contributed by atoms with Gasteiger partial charge in [-0.3, -0.25) is 4.79 Å². The van der Waals surface area contributed by atoms with Gasteiger partial charge in [-0.1, -0.05) is 11.8 Å². The topological polar surface area (TPSA) is 85.2 Å². The van der Waals surface area contributed by atoms with Gasteiger partial charge in [0.2, 0.25) is 5.88 Å². The van der Waals surface area contributed by atoms with Crippen molar-refractivity contribution in [1.82, 2.24) is 15.1 Å². The van der Waals surface area contributed by atoms with Crippen molar-refractivity contribution in [3.8, 4) is 17.7 Å². The van der Waals surface area contributed by atoms with E-state index >= 15 is 4.39 Å². The highest BCUT2D eigenvalue weighted by Gasteiger charge is 2.55. The molecule has 2 heterocycles. The number of ether oxygens (including phenoxy) is 1. The molecule has 2 aliphatic rings. The van der Waals surface area contributed by atoms with E-state index in [4.69, 9.17) is 4.74 Å². The lowest BCUT2D eigenvalue weighted by Gasteiger charge is -2.40. The van der Waals surface area contributed by atoms with Crippen LogP contribution in [0.4, 0.5) is 23.7 Å². The monoisotopic (exact) mass is 432 g/mol. The number of fused-ring (bicyclic) bond motifs is 1. The summed E-state index contributed by atoms with van der Waals surface area (Å²) >= 11 is 0. The number of anilines is 1. The molecule has 2 aromatic rings. The molecule has 1 unspecified atom stereocenters. The highest BCUT2D eigenvalue weighted by molar-refractivity contribution is 5.95. The predicted octanol–water partition coefficient (Wildman–Crippen LogP) is 2.84. The third-order valence-corrected chi connectivity index (χ3v) is 5.21. The van der Waals surface area contributed by atoms with Gasteiger partial charge in [0.25, 0.3) is 11.5 Å². The molecule has 1 fully saturated rings. The minimum atomic E-state index is -3.50. The van der Waals surface area contributed by atoms with Crippen LogP contribution in [-0.2, 0) is 12.1 Å². The summed E-state index contributed by atoms with van der Waals surface area (Å²) in [6, 6.07) is 3.83. The molecule has 1 atom stereocenters. The van der Waals surface area contributed by atoms with Crippen molar-refractivity contribution in [2.45, 2.75) is 37.8 Å². The fourth-order valence-electron chi connectivity index (χ4n) is 3.35. The number of aromatic nitrogens is 2. The van der Waals surface area contributed by atoms with E-state index < -0.39 is 28.9 Å². The molecule has 1 aromatic heterocycles. The molecule has 162 valence electrons. The summed E-state index contributed by atoms with van der Waals surface area (Å²) < 4.78 is 50.5. The molecule has 4 rings (SSSR count). The van der Waals surface area contributed by atoms with Gasteiger partial charge in [0.1, 0.15) is 5.82 Å². The van der Waals surface area contributed by atoms with Crippen LogP contribution >= 0.6 is 0 Å². The Morgan fingerprint density at radius 2 is 2.06 bits per heavy atom. The Hall–Kier alpha value is -3.48. The van der Waals surface area contributed by atoms with Gasteiger partial charge in [0.15, 0.2) is 5.54 Å². The molecular formula is C21H19F3N4O3. The smallest absolute Gasteiger partial charge is 0.320 e. The zero-order chi connectivity index (χ0) is 22.4. The molecule has 0 saturated heterocycles.